The quantitative estimate of drug-likeness (QED) is 0.536. The summed E-state index contributed by atoms with van der Waals surface area (Å²) < 4.78 is 41.8. The van der Waals surface area contributed by atoms with Gasteiger partial charge in [-0.3, -0.25) is 4.79 Å². The fourth-order valence-electron chi connectivity index (χ4n) is 2.20. The van der Waals surface area contributed by atoms with Crippen molar-refractivity contribution in [2.24, 2.45) is 0 Å². The monoisotopic (exact) mass is 377 g/mol. The van der Waals surface area contributed by atoms with Crippen molar-refractivity contribution in [2.45, 2.75) is 6.92 Å². The zero-order chi connectivity index (χ0) is 19.6. The van der Waals surface area contributed by atoms with Crippen LogP contribution in [0.1, 0.15) is 12.5 Å². The molecule has 0 aliphatic heterocycles. The summed E-state index contributed by atoms with van der Waals surface area (Å²) in [6, 6.07) is 8.60. The molecule has 0 bridgehead atoms. The molecule has 1 N–H and O–H groups in total. The van der Waals surface area contributed by atoms with Gasteiger partial charge in [0, 0.05) is 12.1 Å². The maximum atomic E-state index is 13.0. The summed E-state index contributed by atoms with van der Waals surface area (Å²) in [4.78, 5) is 11.8. The van der Waals surface area contributed by atoms with Gasteiger partial charge in [-0.2, -0.15) is 0 Å². The van der Waals surface area contributed by atoms with E-state index in [-0.39, 0.29) is 24.8 Å². The minimum Gasteiger partial charge on any atom is -0.493 e. The molecule has 0 saturated heterocycles. The van der Waals surface area contributed by atoms with Crippen LogP contribution in [0.3, 0.4) is 0 Å². The van der Waals surface area contributed by atoms with Gasteiger partial charge in [0.15, 0.2) is 23.1 Å². The number of hydrogen-bond donors (Lipinski definition) is 1. The highest BCUT2D eigenvalue weighted by Crippen LogP contribution is 2.28. The largest absolute Gasteiger partial charge is 0.493 e. The molecule has 0 heterocycles. The van der Waals surface area contributed by atoms with Crippen molar-refractivity contribution >= 4 is 12.0 Å². The SMILES string of the molecule is CCOc1ccc(/C=C/C(=O)NCCOc2ccc(F)c(F)c2)cc1OC. The average Bonchev–Trinajstić information content (AvgIpc) is 2.67. The highest BCUT2D eigenvalue weighted by atomic mass is 19.2. The van der Waals surface area contributed by atoms with Gasteiger partial charge in [-0.25, -0.2) is 8.78 Å². The van der Waals surface area contributed by atoms with Gasteiger partial charge in [-0.05, 0) is 42.8 Å². The Labute approximate surface area is 156 Å². The van der Waals surface area contributed by atoms with E-state index in [1.54, 1.807) is 25.3 Å². The summed E-state index contributed by atoms with van der Waals surface area (Å²) in [5, 5.41) is 2.63. The van der Waals surface area contributed by atoms with Crippen LogP contribution in [0.25, 0.3) is 6.08 Å². The van der Waals surface area contributed by atoms with Crippen LogP contribution in [-0.4, -0.2) is 32.8 Å². The van der Waals surface area contributed by atoms with Crippen LogP contribution in [0.5, 0.6) is 17.2 Å². The third-order valence-corrected chi connectivity index (χ3v) is 3.48. The first-order valence-electron chi connectivity index (χ1n) is 8.38. The number of carbonyl (C=O) groups is 1. The molecule has 27 heavy (non-hydrogen) atoms. The van der Waals surface area contributed by atoms with E-state index in [9.17, 15) is 13.6 Å². The number of hydrogen-bond acceptors (Lipinski definition) is 4. The van der Waals surface area contributed by atoms with Gasteiger partial charge in [0.05, 0.1) is 20.3 Å². The Bertz CT molecular complexity index is 809. The summed E-state index contributed by atoms with van der Waals surface area (Å²) in [6.07, 6.45) is 3.02. The van der Waals surface area contributed by atoms with E-state index in [4.69, 9.17) is 14.2 Å². The highest BCUT2D eigenvalue weighted by molar-refractivity contribution is 5.91. The lowest BCUT2D eigenvalue weighted by atomic mass is 10.2. The van der Waals surface area contributed by atoms with Crippen molar-refractivity contribution in [1.82, 2.24) is 5.32 Å². The predicted molar refractivity (Wildman–Crippen MR) is 98.1 cm³/mol. The molecule has 0 fully saturated rings. The minimum atomic E-state index is -0.981. The van der Waals surface area contributed by atoms with Crippen molar-refractivity contribution in [3.05, 3.63) is 59.7 Å². The molecule has 0 unspecified atom stereocenters. The molecule has 0 spiro atoms. The number of carbonyl (C=O) groups excluding carboxylic acids is 1. The second-order valence-corrected chi connectivity index (χ2v) is 5.39. The Kier molecular flexibility index (Phi) is 7.61. The maximum Gasteiger partial charge on any atom is 0.244 e. The van der Waals surface area contributed by atoms with Gasteiger partial charge < -0.3 is 19.5 Å². The summed E-state index contributed by atoms with van der Waals surface area (Å²) >= 11 is 0. The average molecular weight is 377 g/mol. The van der Waals surface area contributed by atoms with Gasteiger partial charge in [0.1, 0.15) is 12.4 Å². The van der Waals surface area contributed by atoms with E-state index in [0.717, 1.165) is 17.7 Å². The van der Waals surface area contributed by atoms with Crippen LogP contribution in [0, 0.1) is 11.6 Å². The topological polar surface area (TPSA) is 56.8 Å². The molecule has 5 nitrogen and oxygen atoms in total. The van der Waals surface area contributed by atoms with Crippen LogP contribution in [0.4, 0.5) is 8.78 Å². The van der Waals surface area contributed by atoms with Gasteiger partial charge in [-0.15, -0.1) is 0 Å². The zero-order valence-electron chi connectivity index (χ0n) is 15.1. The highest BCUT2D eigenvalue weighted by Gasteiger charge is 2.05. The molecule has 2 aromatic rings. The van der Waals surface area contributed by atoms with Gasteiger partial charge >= 0.3 is 0 Å². The third-order valence-electron chi connectivity index (χ3n) is 3.48. The molecule has 2 rings (SSSR count). The maximum absolute atomic E-state index is 13.0. The Morgan fingerprint density at radius 2 is 1.89 bits per heavy atom. The molecule has 7 heteroatoms. The van der Waals surface area contributed by atoms with Gasteiger partial charge in [0.25, 0.3) is 0 Å². The van der Waals surface area contributed by atoms with E-state index in [2.05, 4.69) is 5.32 Å². The fraction of sp³-hybridized carbons (Fsp3) is 0.250. The van der Waals surface area contributed by atoms with Crippen molar-refractivity contribution in [1.29, 1.82) is 0 Å². The minimum absolute atomic E-state index is 0.127. The van der Waals surface area contributed by atoms with Crippen molar-refractivity contribution in [3.63, 3.8) is 0 Å². The summed E-state index contributed by atoms with van der Waals surface area (Å²) in [6.45, 7) is 2.75. The smallest absolute Gasteiger partial charge is 0.244 e. The van der Waals surface area contributed by atoms with E-state index < -0.39 is 11.6 Å². The first-order valence-corrected chi connectivity index (χ1v) is 8.38. The normalized spacial score (nSPS) is 10.7. The molecule has 0 aromatic heterocycles. The Morgan fingerprint density at radius 3 is 2.59 bits per heavy atom. The molecule has 144 valence electrons. The molecule has 0 saturated carbocycles. The molecule has 0 radical (unpaired) electrons. The first-order chi connectivity index (χ1) is 13.0. The van der Waals surface area contributed by atoms with Gasteiger partial charge in [0.2, 0.25) is 5.91 Å². The molecule has 0 atom stereocenters. The molecular weight excluding hydrogens is 356 g/mol. The van der Waals surface area contributed by atoms with Crippen LogP contribution >= 0.6 is 0 Å². The van der Waals surface area contributed by atoms with Crippen LogP contribution in [-0.2, 0) is 4.79 Å². The third kappa shape index (κ3) is 6.29. The number of methoxy groups -OCH3 is 1. The molecule has 2 aromatic carbocycles. The number of nitrogens with one attached hydrogen (secondary N) is 1. The van der Waals surface area contributed by atoms with E-state index in [0.29, 0.717) is 18.1 Å². The Morgan fingerprint density at radius 1 is 1.07 bits per heavy atom. The lowest BCUT2D eigenvalue weighted by Gasteiger charge is -2.09. The van der Waals surface area contributed by atoms with E-state index in [1.807, 2.05) is 13.0 Å². The molecule has 1 amide bonds. The molecule has 0 aliphatic rings. The van der Waals surface area contributed by atoms with Crippen LogP contribution < -0.4 is 19.5 Å². The second kappa shape index (κ2) is 10.2. The summed E-state index contributed by atoms with van der Waals surface area (Å²) in [7, 11) is 1.55. The standard InChI is InChI=1S/C20H21F2NO4/c1-3-26-18-8-4-14(12-19(18)25-2)5-9-20(24)23-10-11-27-15-6-7-16(21)17(22)13-15/h4-9,12-13H,3,10-11H2,1-2H3,(H,23,24)/b9-5+. The van der Waals surface area contributed by atoms with Gasteiger partial charge in [-0.1, -0.05) is 6.07 Å². The predicted octanol–water partition coefficient (Wildman–Crippen LogP) is 3.58. The Hall–Kier alpha value is -3.09. The first kappa shape index (κ1) is 20.2. The zero-order valence-corrected chi connectivity index (χ0v) is 15.1. The number of halogens is 2. The number of rotatable bonds is 9. The van der Waals surface area contributed by atoms with E-state index in [1.165, 1.54) is 12.1 Å². The lowest BCUT2D eigenvalue weighted by Crippen LogP contribution is -2.26. The number of ether oxygens (including phenoxy) is 3. The number of amides is 1. The van der Waals surface area contributed by atoms with Crippen molar-refractivity contribution in [2.75, 3.05) is 26.9 Å². The molecular formula is C20H21F2NO4. The second-order valence-electron chi connectivity index (χ2n) is 5.39. The van der Waals surface area contributed by atoms with Crippen molar-refractivity contribution in [3.8, 4) is 17.2 Å². The van der Waals surface area contributed by atoms with E-state index >= 15 is 0 Å². The summed E-state index contributed by atoms with van der Waals surface area (Å²) in [5.74, 6) is -0.816. The van der Waals surface area contributed by atoms with Crippen LogP contribution in [0.2, 0.25) is 0 Å². The molecule has 0 aliphatic carbocycles. The fourth-order valence-corrected chi connectivity index (χ4v) is 2.20. The van der Waals surface area contributed by atoms with Crippen molar-refractivity contribution < 1.29 is 27.8 Å². The lowest BCUT2D eigenvalue weighted by molar-refractivity contribution is -0.116. The number of benzene rings is 2. The van der Waals surface area contributed by atoms with Crippen LogP contribution in [0.15, 0.2) is 42.5 Å². The summed E-state index contributed by atoms with van der Waals surface area (Å²) in [5.41, 5.74) is 0.781. The Balaban J connectivity index is 1.80.